The number of phenolic OH excluding ortho intramolecular Hbond substituents is 1. The van der Waals surface area contributed by atoms with Gasteiger partial charge in [-0.2, -0.15) is 0 Å². The van der Waals surface area contributed by atoms with Gasteiger partial charge in [0.1, 0.15) is 18.1 Å². The van der Waals surface area contributed by atoms with E-state index in [2.05, 4.69) is 20.8 Å². The van der Waals surface area contributed by atoms with E-state index >= 15 is 0 Å². The van der Waals surface area contributed by atoms with E-state index < -0.39 is 51.1 Å². The minimum absolute atomic E-state index is 0.139. The summed E-state index contributed by atoms with van der Waals surface area (Å²) in [5, 5.41) is 11.5. The zero-order valence-electron chi connectivity index (χ0n) is 27.3. The van der Waals surface area contributed by atoms with Crippen LogP contribution in [0, 0.1) is 17.8 Å². The average Bonchev–Trinajstić information content (AvgIpc) is 3.49. The number of carbonyl (C=O) groups is 4. The topological polar surface area (TPSA) is 117 Å². The van der Waals surface area contributed by atoms with Crippen LogP contribution in [0.3, 0.4) is 0 Å². The van der Waals surface area contributed by atoms with Gasteiger partial charge in [-0.1, -0.05) is 64.0 Å². The van der Waals surface area contributed by atoms with Crippen molar-refractivity contribution >= 4 is 74.1 Å². The van der Waals surface area contributed by atoms with Gasteiger partial charge in [0.15, 0.2) is 9.75 Å². The number of imide groups is 2. The molecule has 3 aliphatic heterocycles. The van der Waals surface area contributed by atoms with Gasteiger partial charge in [0.05, 0.1) is 36.2 Å². The van der Waals surface area contributed by atoms with Crippen molar-refractivity contribution in [3.63, 3.8) is 0 Å². The molecule has 13 heteroatoms. The van der Waals surface area contributed by atoms with E-state index in [-0.39, 0.29) is 42.1 Å². The first kappa shape index (κ1) is 34.2. The van der Waals surface area contributed by atoms with Crippen molar-refractivity contribution in [1.29, 1.82) is 0 Å². The summed E-state index contributed by atoms with van der Waals surface area (Å²) in [6, 6.07) is 21.6. The molecular formula is C38H34BrCl2N3O7. The van der Waals surface area contributed by atoms with Crippen LogP contribution in [0.1, 0.15) is 29.9 Å². The minimum atomic E-state index is -2.03. The monoisotopic (exact) mass is 793 g/mol. The molecule has 6 unspecified atom stereocenters. The number of alkyl halides is 3. The molecule has 264 valence electrons. The molecule has 5 aliphatic rings. The number of hydrogen-bond acceptors (Lipinski definition) is 8. The molecule has 3 aromatic carbocycles. The van der Waals surface area contributed by atoms with Crippen molar-refractivity contribution in [3.8, 4) is 11.5 Å². The molecule has 2 aliphatic carbocycles. The number of ether oxygens (including phenoxy) is 2. The van der Waals surface area contributed by atoms with Crippen molar-refractivity contribution in [3.05, 3.63) is 95.6 Å². The molecule has 10 nitrogen and oxygen atoms in total. The van der Waals surface area contributed by atoms with Crippen molar-refractivity contribution < 1.29 is 33.8 Å². The number of likely N-dealkylation sites (tertiary alicyclic amines) is 1. The van der Waals surface area contributed by atoms with Gasteiger partial charge in [0, 0.05) is 36.3 Å². The van der Waals surface area contributed by atoms with Crippen LogP contribution in [-0.2, 0) is 30.5 Å². The SMILES string of the molecule is O=C1C2CC=C3C(CC4(Cl)C(=O)N(CBr)C(=O)C4(Cl)C3c3ccc(OCc4ccccc4)cc3O)C2C(=O)N1c1ccc(N2CCOCC2)cc1. The van der Waals surface area contributed by atoms with E-state index in [1.165, 1.54) is 11.0 Å². The third kappa shape index (κ3) is 5.22. The minimum Gasteiger partial charge on any atom is -0.508 e. The number of carbonyl (C=O) groups excluding carboxylic acids is 4. The number of aromatic hydroxyl groups is 1. The van der Waals surface area contributed by atoms with E-state index in [4.69, 9.17) is 32.7 Å². The van der Waals surface area contributed by atoms with E-state index in [0.29, 0.717) is 30.2 Å². The summed E-state index contributed by atoms with van der Waals surface area (Å²) in [6.45, 7) is 3.01. The predicted octanol–water partition coefficient (Wildman–Crippen LogP) is 5.72. The highest BCUT2D eigenvalue weighted by atomic mass is 79.9. The Bertz CT molecular complexity index is 1960. The first-order chi connectivity index (χ1) is 24.6. The summed E-state index contributed by atoms with van der Waals surface area (Å²) < 4.78 is 11.4. The summed E-state index contributed by atoms with van der Waals surface area (Å²) in [7, 11) is 0. The lowest BCUT2D eigenvalue weighted by Gasteiger charge is -2.50. The van der Waals surface area contributed by atoms with Crippen LogP contribution in [0.15, 0.2) is 84.4 Å². The van der Waals surface area contributed by atoms with E-state index in [1.54, 1.807) is 24.3 Å². The molecule has 0 aromatic heterocycles. The number of hydrogen-bond donors (Lipinski definition) is 1. The molecule has 0 spiro atoms. The lowest BCUT2D eigenvalue weighted by atomic mass is 9.56. The van der Waals surface area contributed by atoms with E-state index in [1.807, 2.05) is 48.5 Å². The maximum Gasteiger partial charge on any atom is 0.254 e. The number of allylic oxidation sites excluding steroid dienone is 2. The fourth-order valence-electron chi connectivity index (χ4n) is 8.59. The number of rotatable bonds is 7. The lowest BCUT2D eigenvalue weighted by molar-refractivity contribution is -0.138. The van der Waals surface area contributed by atoms with Gasteiger partial charge >= 0.3 is 0 Å². The average molecular weight is 796 g/mol. The van der Waals surface area contributed by atoms with E-state index in [0.717, 1.165) is 29.2 Å². The Hall–Kier alpha value is -3.90. The number of phenols is 1. The number of fused-ring (bicyclic) bond motifs is 4. The van der Waals surface area contributed by atoms with Gasteiger partial charge in [0.25, 0.3) is 11.8 Å². The smallest absolute Gasteiger partial charge is 0.254 e. The summed E-state index contributed by atoms with van der Waals surface area (Å²) in [6.07, 6.45) is 1.92. The zero-order chi connectivity index (χ0) is 35.7. The third-order valence-electron chi connectivity index (χ3n) is 11.1. The fraction of sp³-hybridized carbons (Fsp3) is 0.368. The quantitative estimate of drug-likeness (QED) is 0.140. The molecule has 0 radical (unpaired) electrons. The van der Waals surface area contributed by atoms with Crippen LogP contribution >= 0.6 is 39.1 Å². The summed E-state index contributed by atoms with van der Waals surface area (Å²) in [4.78, 5) is 56.9. The van der Waals surface area contributed by atoms with Crippen LogP contribution < -0.4 is 14.5 Å². The number of morpholine rings is 1. The molecular weight excluding hydrogens is 761 g/mol. The predicted molar refractivity (Wildman–Crippen MR) is 194 cm³/mol. The van der Waals surface area contributed by atoms with Gasteiger partial charge in [-0.25, -0.2) is 0 Å². The molecule has 3 saturated heterocycles. The second-order valence-corrected chi connectivity index (χ2v) is 15.4. The first-order valence-electron chi connectivity index (χ1n) is 16.9. The van der Waals surface area contributed by atoms with Crippen LogP contribution in [-0.4, -0.2) is 75.1 Å². The van der Waals surface area contributed by atoms with Crippen LogP contribution in [0.5, 0.6) is 11.5 Å². The van der Waals surface area contributed by atoms with Crippen molar-refractivity contribution in [1.82, 2.24) is 4.90 Å². The molecule has 8 rings (SSSR count). The van der Waals surface area contributed by atoms with E-state index in [9.17, 15) is 24.3 Å². The Labute approximate surface area is 313 Å². The van der Waals surface area contributed by atoms with Gasteiger partial charge in [-0.15, -0.1) is 23.2 Å². The first-order valence-corrected chi connectivity index (χ1v) is 18.8. The molecule has 3 aromatic rings. The van der Waals surface area contributed by atoms with Gasteiger partial charge in [-0.3, -0.25) is 29.0 Å². The molecule has 51 heavy (non-hydrogen) atoms. The van der Waals surface area contributed by atoms with Crippen LogP contribution in [0.25, 0.3) is 0 Å². The number of benzene rings is 3. The highest BCUT2D eigenvalue weighted by Crippen LogP contribution is 2.66. The standard InChI is InChI=1S/C38H34BrCl2N3O7/c39-21-43-35(48)37(40)19-29-26(32(38(37,41)36(43)49)27-11-10-25(18-30(27)45)51-20-22-4-2-1-3-5-22)12-13-28-31(29)34(47)44(33(28)46)24-8-6-23(7-9-24)42-14-16-50-17-15-42/h1-12,18,28-29,31-32,45H,13-17,19-21H2. The Morgan fingerprint density at radius 1 is 0.882 bits per heavy atom. The summed E-state index contributed by atoms with van der Waals surface area (Å²) in [5.41, 5.74) is 3.09. The fourth-order valence-corrected chi connectivity index (χ4v) is 10.0. The molecule has 0 bridgehead atoms. The Kier molecular flexibility index (Phi) is 8.68. The van der Waals surface area contributed by atoms with Crippen LogP contribution in [0.2, 0.25) is 0 Å². The Morgan fingerprint density at radius 3 is 2.27 bits per heavy atom. The maximum absolute atomic E-state index is 14.4. The Morgan fingerprint density at radius 2 is 1.59 bits per heavy atom. The molecule has 1 N–H and O–H groups in total. The summed E-state index contributed by atoms with van der Waals surface area (Å²) >= 11 is 17.9. The van der Waals surface area contributed by atoms with Gasteiger partial charge in [-0.05, 0) is 54.7 Å². The number of halogens is 3. The Balaban J connectivity index is 1.16. The van der Waals surface area contributed by atoms with Crippen molar-refractivity contribution in [2.75, 3.05) is 41.6 Å². The summed E-state index contributed by atoms with van der Waals surface area (Å²) in [5.74, 6) is -5.31. The van der Waals surface area contributed by atoms with Gasteiger partial charge in [0.2, 0.25) is 11.8 Å². The molecule has 1 saturated carbocycles. The molecule has 6 atom stereocenters. The van der Waals surface area contributed by atoms with Gasteiger partial charge < -0.3 is 19.5 Å². The highest BCUT2D eigenvalue weighted by molar-refractivity contribution is 9.09. The second kappa shape index (κ2) is 12.9. The van der Waals surface area contributed by atoms with Crippen molar-refractivity contribution in [2.24, 2.45) is 17.8 Å². The second-order valence-electron chi connectivity index (χ2n) is 13.6. The number of nitrogens with zero attached hydrogens (tertiary/aromatic N) is 3. The highest BCUT2D eigenvalue weighted by Gasteiger charge is 2.76. The normalized spacial score (nSPS) is 30.3. The zero-order valence-corrected chi connectivity index (χ0v) is 30.4. The molecule has 3 heterocycles. The largest absolute Gasteiger partial charge is 0.508 e. The van der Waals surface area contributed by atoms with Crippen LogP contribution in [0.4, 0.5) is 11.4 Å². The number of anilines is 2. The molecule has 4 amide bonds. The molecule has 4 fully saturated rings. The number of amides is 4. The maximum atomic E-state index is 14.4. The van der Waals surface area contributed by atoms with Crippen molar-refractivity contribution in [2.45, 2.75) is 35.1 Å². The third-order valence-corrected chi connectivity index (χ3v) is 13.0. The lowest BCUT2D eigenvalue weighted by Crippen LogP contribution is -2.60.